The van der Waals surface area contributed by atoms with Crippen LogP contribution in [0.4, 0.5) is 13.2 Å². The standard InChI is InChI=1S/C28H24F3NO5S/c1-3-32(38(34,35)26-13-11-20-7-4-5-8-21(20)16-26)18-22-15-23(28(29,30)31)12-14-27(22)37-25-10-6-9-24(17-25)36-19(2)33/h4-17H,3,18H2,1-2H3. The molecule has 4 aromatic rings. The summed E-state index contributed by atoms with van der Waals surface area (Å²) in [4.78, 5) is 11.3. The fraction of sp³-hybridized carbons (Fsp3) is 0.179. The molecule has 198 valence electrons. The summed E-state index contributed by atoms with van der Waals surface area (Å²) in [5, 5.41) is 1.58. The number of hydrogen-bond acceptors (Lipinski definition) is 5. The molecular weight excluding hydrogens is 519 g/mol. The lowest BCUT2D eigenvalue weighted by atomic mass is 10.1. The summed E-state index contributed by atoms with van der Waals surface area (Å²) in [6.45, 7) is 2.48. The Morgan fingerprint density at radius 2 is 1.58 bits per heavy atom. The Hall–Kier alpha value is -3.89. The number of fused-ring (bicyclic) bond motifs is 1. The number of halogens is 3. The molecule has 0 atom stereocenters. The lowest BCUT2D eigenvalue weighted by Gasteiger charge is -2.23. The van der Waals surface area contributed by atoms with Crippen LogP contribution in [0, 0.1) is 0 Å². The monoisotopic (exact) mass is 543 g/mol. The quantitative estimate of drug-likeness (QED) is 0.181. The number of carbonyl (C=O) groups is 1. The van der Waals surface area contributed by atoms with Crippen LogP contribution in [0.1, 0.15) is 25.0 Å². The first-order valence-electron chi connectivity index (χ1n) is 11.6. The Kier molecular flexibility index (Phi) is 7.75. The minimum absolute atomic E-state index is 0.00673. The van der Waals surface area contributed by atoms with E-state index in [-0.39, 0.29) is 40.8 Å². The van der Waals surface area contributed by atoms with Crippen molar-refractivity contribution < 1.29 is 35.9 Å². The third kappa shape index (κ3) is 6.15. The lowest BCUT2D eigenvalue weighted by molar-refractivity contribution is -0.137. The predicted octanol–water partition coefficient (Wildman–Crippen LogP) is 6.79. The molecule has 0 fully saturated rings. The van der Waals surface area contributed by atoms with Gasteiger partial charge in [0.15, 0.2) is 0 Å². The second kappa shape index (κ2) is 10.8. The van der Waals surface area contributed by atoms with Crippen molar-refractivity contribution in [2.75, 3.05) is 6.54 Å². The molecule has 10 heteroatoms. The van der Waals surface area contributed by atoms with Gasteiger partial charge >= 0.3 is 12.1 Å². The molecule has 0 N–H and O–H groups in total. The first kappa shape index (κ1) is 27.2. The number of esters is 1. The molecule has 0 saturated heterocycles. The largest absolute Gasteiger partial charge is 0.457 e. The van der Waals surface area contributed by atoms with Gasteiger partial charge in [-0.3, -0.25) is 4.79 Å². The molecule has 0 amide bonds. The van der Waals surface area contributed by atoms with Gasteiger partial charge in [0, 0.05) is 31.6 Å². The van der Waals surface area contributed by atoms with Crippen LogP contribution in [0.2, 0.25) is 0 Å². The molecule has 0 saturated carbocycles. The van der Waals surface area contributed by atoms with Crippen LogP contribution in [0.15, 0.2) is 89.8 Å². The van der Waals surface area contributed by atoms with Gasteiger partial charge in [0.1, 0.15) is 17.2 Å². The summed E-state index contributed by atoms with van der Waals surface area (Å²) in [5.41, 5.74) is -0.920. The predicted molar refractivity (Wildman–Crippen MR) is 136 cm³/mol. The Labute approximate surface area is 218 Å². The number of alkyl halides is 3. The molecular formula is C28H24F3NO5S. The van der Waals surface area contributed by atoms with Crippen molar-refractivity contribution in [2.24, 2.45) is 0 Å². The normalized spacial score (nSPS) is 12.1. The SMILES string of the molecule is CCN(Cc1cc(C(F)(F)F)ccc1Oc1cccc(OC(C)=O)c1)S(=O)(=O)c1ccc2ccccc2c1. The highest BCUT2D eigenvalue weighted by Gasteiger charge is 2.32. The summed E-state index contributed by atoms with van der Waals surface area (Å²) >= 11 is 0. The zero-order valence-electron chi connectivity index (χ0n) is 20.5. The maximum absolute atomic E-state index is 13.5. The van der Waals surface area contributed by atoms with Gasteiger partial charge in [0.25, 0.3) is 0 Å². The van der Waals surface area contributed by atoms with E-state index in [4.69, 9.17) is 9.47 Å². The molecule has 0 aromatic heterocycles. The first-order chi connectivity index (χ1) is 18.0. The summed E-state index contributed by atoms with van der Waals surface area (Å²) in [7, 11) is -4.06. The zero-order valence-corrected chi connectivity index (χ0v) is 21.3. The van der Waals surface area contributed by atoms with Crippen LogP contribution in [0.25, 0.3) is 10.8 Å². The van der Waals surface area contributed by atoms with Crippen molar-refractivity contribution in [3.63, 3.8) is 0 Å². The summed E-state index contributed by atoms with van der Waals surface area (Å²) in [5.74, 6) is -0.122. The van der Waals surface area contributed by atoms with Gasteiger partial charge in [-0.1, -0.05) is 43.3 Å². The van der Waals surface area contributed by atoms with E-state index in [0.717, 1.165) is 33.3 Å². The molecule has 0 radical (unpaired) electrons. The fourth-order valence-corrected chi connectivity index (χ4v) is 5.37. The maximum Gasteiger partial charge on any atom is 0.416 e. The number of benzene rings is 4. The lowest BCUT2D eigenvalue weighted by Crippen LogP contribution is -2.30. The number of hydrogen-bond donors (Lipinski definition) is 0. The van der Waals surface area contributed by atoms with E-state index in [2.05, 4.69) is 0 Å². The number of nitrogens with zero attached hydrogens (tertiary/aromatic N) is 1. The van der Waals surface area contributed by atoms with Crippen molar-refractivity contribution in [3.05, 3.63) is 96.1 Å². The van der Waals surface area contributed by atoms with Gasteiger partial charge in [-0.25, -0.2) is 8.42 Å². The van der Waals surface area contributed by atoms with Crippen LogP contribution in [0.3, 0.4) is 0 Å². The van der Waals surface area contributed by atoms with Gasteiger partial charge in [-0.05, 0) is 53.2 Å². The van der Waals surface area contributed by atoms with Crippen LogP contribution < -0.4 is 9.47 Å². The maximum atomic E-state index is 13.5. The summed E-state index contributed by atoms with van der Waals surface area (Å²) < 4.78 is 79.7. The highest BCUT2D eigenvalue weighted by atomic mass is 32.2. The first-order valence-corrected chi connectivity index (χ1v) is 13.1. The highest BCUT2D eigenvalue weighted by molar-refractivity contribution is 7.89. The van der Waals surface area contributed by atoms with Crippen molar-refractivity contribution in [1.82, 2.24) is 4.31 Å². The van der Waals surface area contributed by atoms with E-state index in [9.17, 15) is 26.4 Å². The Morgan fingerprint density at radius 3 is 2.26 bits per heavy atom. The van der Waals surface area contributed by atoms with Crippen molar-refractivity contribution in [1.29, 1.82) is 0 Å². The van der Waals surface area contributed by atoms with Crippen LogP contribution in [-0.4, -0.2) is 25.2 Å². The van der Waals surface area contributed by atoms with Crippen molar-refractivity contribution >= 4 is 26.8 Å². The molecule has 0 bridgehead atoms. The molecule has 0 aliphatic heterocycles. The molecule has 0 aliphatic carbocycles. The molecule has 0 aliphatic rings. The molecule has 4 rings (SSSR count). The van der Waals surface area contributed by atoms with Gasteiger partial charge < -0.3 is 9.47 Å². The van der Waals surface area contributed by atoms with E-state index in [1.54, 1.807) is 31.2 Å². The number of rotatable bonds is 8. The van der Waals surface area contributed by atoms with E-state index in [1.165, 1.54) is 37.3 Å². The van der Waals surface area contributed by atoms with Gasteiger partial charge in [0.2, 0.25) is 10.0 Å². The Bertz CT molecular complexity index is 1590. The second-order valence-corrected chi connectivity index (χ2v) is 10.4. The minimum atomic E-state index is -4.64. The topological polar surface area (TPSA) is 72.9 Å². The number of ether oxygens (including phenoxy) is 2. The number of carbonyl (C=O) groups excluding carboxylic acids is 1. The van der Waals surface area contributed by atoms with Gasteiger partial charge in [0.05, 0.1) is 10.5 Å². The number of sulfonamides is 1. The van der Waals surface area contributed by atoms with Gasteiger partial charge in [-0.2, -0.15) is 17.5 Å². The average molecular weight is 544 g/mol. The zero-order chi connectivity index (χ0) is 27.5. The molecule has 38 heavy (non-hydrogen) atoms. The second-order valence-electron chi connectivity index (χ2n) is 8.43. The van der Waals surface area contributed by atoms with Crippen LogP contribution in [-0.2, 0) is 27.5 Å². The summed E-state index contributed by atoms with van der Waals surface area (Å²) in [6.07, 6.45) is -4.64. The Balaban J connectivity index is 1.71. The Morgan fingerprint density at radius 1 is 0.868 bits per heavy atom. The molecule has 0 spiro atoms. The van der Waals surface area contributed by atoms with E-state index < -0.39 is 27.7 Å². The van der Waals surface area contributed by atoms with Crippen molar-refractivity contribution in [3.8, 4) is 17.2 Å². The minimum Gasteiger partial charge on any atom is -0.457 e. The van der Waals surface area contributed by atoms with Gasteiger partial charge in [-0.15, -0.1) is 0 Å². The smallest absolute Gasteiger partial charge is 0.416 e. The van der Waals surface area contributed by atoms with Crippen LogP contribution >= 0.6 is 0 Å². The van der Waals surface area contributed by atoms with Crippen LogP contribution in [0.5, 0.6) is 17.2 Å². The van der Waals surface area contributed by atoms with E-state index in [1.807, 2.05) is 12.1 Å². The summed E-state index contributed by atoms with van der Waals surface area (Å²) in [6, 6.07) is 20.9. The van der Waals surface area contributed by atoms with Crippen molar-refractivity contribution in [2.45, 2.75) is 31.5 Å². The molecule has 6 nitrogen and oxygen atoms in total. The molecule has 0 heterocycles. The third-order valence-electron chi connectivity index (χ3n) is 5.74. The fourth-order valence-electron chi connectivity index (χ4n) is 3.91. The molecule has 4 aromatic carbocycles. The highest BCUT2D eigenvalue weighted by Crippen LogP contribution is 2.36. The molecule has 0 unspecified atom stereocenters. The van der Waals surface area contributed by atoms with E-state index >= 15 is 0 Å². The third-order valence-corrected chi connectivity index (χ3v) is 7.66. The van der Waals surface area contributed by atoms with E-state index in [0.29, 0.717) is 0 Å². The average Bonchev–Trinajstić information content (AvgIpc) is 2.86.